The molecule has 3 nitrogen and oxygen atoms in total. The molecule has 0 saturated heterocycles. The molecule has 4 aliphatic carbocycles. The average Bonchev–Trinajstić information content (AvgIpc) is 2.65. The van der Waals surface area contributed by atoms with E-state index in [0.717, 1.165) is 19.3 Å². The van der Waals surface area contributed by atoms with Crippen molar-refractivity contribution < 1.29 is 14.6 Å². The topological polar surface area (TPSA) is 46.5 Å². The number of fused-ring (bicyclic) bond motifs is 5. The summed E-state index contributed by atoms with van der Waals surface area (Å²) in [5.41, 5.74) is 2.18. The Labute approximate surface area is 184 Å². The molecule has 0 heterocycles. The SMILES string of the molecule is C=C1CC[C@]2(C)C(CCC3[C@@]4(C)CCC(OC(C)=O)C(C)(C)C4CC[C@]32C)C1CO. The van der Waals surface area contributed by atoms with Crippen LogP contribution < -0.4 is 0 Å². The van der Waals surface area contributed by atoms with Gasteiger partial charge in [-0.2, -0.15) is 0 Å². The standard InChI is InChI=1S/C27H44O3/c1-17-10-14-26(6)20(19(17)16-28)8-9-22-25(5)13-12-23(30-18(2)29)24(3,4)21(25)11-15-27(22,26)7/h19-23,28H,1,8-16H2,2-7H3/t19?,20?,21?,22?,23?,25-,26+,27+/m0/s1. The summed E-state index contributed by atoms with van der Waals surface area (Å²) < 4.78 is 5.83. The van der Waals surface area contributed by atoms with Gasteiger partial charge in [0.05, 0.1) is 0 Å². The van der Waals surface area contributed by atoms with Crippen LogP contribution in [0.15, 0.2) is 12.2 Å². The van der Waals surface area contributed by atoms with Gasteiger partial charge in [0.25, 0.3) is 0 Å². The minimum atomic E-state index is -0.136. The molecule has 0 bridgehead atoms. The fraction of sp³-hybridized carbons (Fsp3) is 0.889. The predicted molar refractivity (Wildman–Crippen MR) is 121 cm³/mol. The lowest BCUT2D eigenvalue weighted by atomic mass is 9.33. The van der Waals surface area contributed by atoms with Crippen molar-refractivity contribution in [3.63, 3.8) is 0 Å². The van der Waals surface area contributed by atoms with Crippen molar-refractivity contribution in [2.24, 2.45) is 45.3 Å². The molecule has 0 aliphatic heterocycles. The summed E-state index contributed by atoms with van der Waals surface area (Å²) >= 11 is 0. The smallest absolute Gasteiger partial charge is 0.302 e. The molecule has 1 N–H and O–H groups in total. The molecule has 4 aliphatic rings. The second-order valence-corrected chi connectivity index (χ2v) is 12.6. The lowest BCUT2D eigenvalue weighted by Gasteiger charge is -2.71. The fourth-order valence-electron chi connectivity index (χ4n) is 9.62. The Balaban J connectivity index is 1.69. The molecule has 3 heteroatoms. The van der Waals surface area contributed by atoms with Gasteiger partial charge in [0.2, 0.25) is 0 Å². The Bertz CT molecular complexity index is 726. The van der Waals surface area contributed by atoms with Crippen LogP contribution in [0.25, 0.3) is 0 Å². The molecule has 0 radical (unpaired) electrons. The molecule has 0 aromatic heterocycles. The van der Waals surface area contributed by atoms with Crippen molar-refractivity contribution in [3.8, 4) is 0 Å². The highest BCUT2D eigenvalue weighted by atomic mass is 16.5. The third kappa shape index (κ3) is 2.82. The van der Waals surface area contributed by atoms with E-state index in [4.69, 9.17) is 4.74 Å². The van der Waals surface area contributed by atoms with Crippen LogP contribution in [0.1, 0.15) is 92.9 Å². The van der Waals surface area contributed by atoms with Crippen molar-refractivity contribution in [2.75, 3.05) is 6.61 Å². The molecule has 30 heavy (non-hydrogen) atoms. The van der Waals surface area contributed by atoms with E-state index in [2.05, 4.69) is 41.2 Å². The summed E-state index contributed by atoms with van der Waals surface area (Å²) in [6, 6.07) is 0. The van der Waals surface area contributed by atoms with Crippen molar-refractivity contribution in [1.82, 2.24) is 0 Å². The largest absolute Gasteiger partial charge is 0.462 e. The molecular weight excluding hydrogens is 372 g/mol. The van der Waals surface area contributed by atoms with Crippen LogP contribution in [-0.2, 0) is 9.53 Å². The normalized spacial score (nSPS) is 50.1. The molecule has 4 fully saturated rings. The Morgan fingerprint density at radius 1 is 1.00 bits per heavy atom. The van der Waals surface area contributed by atoms with Crippen LogP contribution in [0.4, 0.5) is 0 Å². The van der Waals surface area contributed by atoms with Crippen molar-refractivity contribution in [1.29, 1.82) is 0 Å². The first kappa shape index (κ1) is 22.4. The molecule has 4 saturated carbocycles. The van der Waals surface area contributed by atoms with Gasteiger partial charge >= 0.3 is 5.97 Å². The number of carbonyl (C=O) groups excluding carboxylic acids is 1. The van der Waals surface area contributed by atoms with Gasteiger partial charge in [-0.1, -0.05) is 46.8 Å². The molecule has 8 atom stereocenters. The van der Waals surface area contributed by atoms with E-state index in [1.807, 2.05) is 0 Å². The number of aliphatic hydroxyl groups excluding tert-OH is 1. The summed E-state index contributed by atoms with van der Waals surface area (Å²) in [5.74, 6) is 2.00. The van der Waals surface area contributed by atoms with Crippen LogP contribution in [0.5, 0.6) is 0 Å². The van der Waals surface area contributed by atoms with Gasteiger partial charge in [0, 0.05) is 24.9 Å². The molecular formula is C27H44O3. The molecule has 4 rings (SSSR count). The number of rotatable bonds is 2. The first-order valence-corrected chi connectivity index (χ1v) is 12.4. The van der Waals surface area contributed by atoms with Crippen LogP contribution in [0.2, 0.25) is 0 Å². The van der Waals surface area contributed by atoms with E-state index in [9.17, 15) is 9.90 Å². The van der Waals surface area contributed by atoms with E-state index < -0.39 is 0 Å². The van der Waals surface area contributed by atoms with Crippen molar-refractivity contribution in [2.45, 2.75) is 99.0 Å². The molecule has 0 spiro atoms. The Kier molecular flexibility index (Phi) is 5.28. The first-order valence-electron chi connectivity index (χ1n) is 12.4. The quantitative estimate of drug-likeness (QED) is 0.434. The minimum Gasteiger partial charge on any atom is -0.462 e. The highest BCUT2D eigenvalue weighted by Crippen LogP contribution is 2.74. The maximum Gasteiger partial charge on any atom is 0.302 e. The van der Waals surface area contributed by atoms with Gasteiger partial charge in [0.1, 0.15) is 6.10 Å². The van der Waals surface area contributed by atoms with E-state index in [-0.39, 0.29) is 35.4 Å². The minimum absolute atomic E-state index is 0.0201. The van der Waals surface area contributed by atoms with Crippen molar-refractivity contribution in [3.05, 3.63) is 12.2 Å². The second-order valence-electron chi connectivity index (χ2n) is 12.6. The lowest BCUT2D eigenvalue weighted by Crippen LogP contribution is -2.65. The van der Waals surface area contributed by atoms with Crippen LogP contribution in [-0.4, -0.2) is 23.8 Å². The number of hydrogen-bond donors (Lipinski definition) is 1. The maximum absolute atomic E-state index is 11.8. The monoisotopic (exact) mass is 416 g/mol. The highest BCUT2D eigenvalue weighted by molar-refractivity contribution is 5.66. The van der Waals surface area contributed by atoms with E-state index in [1.165, 1.54) is 37.7 Å². The molecule has 0 aromatic carbocycles. The molecule has 5 unspecified atom stereocenters. The summed E-state index contributed by atoms with van der Waals surface area (Å²) in [7, 11) is 0. The van der Waals surface area contributed by atoms with E-state index in [1.54, 1.807) is 6.92 Å². The van der Waals surface area contributed by atoms with Crippen LogP contribution in [0.3, 0.4) is 0 Å². The maximum atomic E-state index is 11.8. The average molecular weight is 417 g/mol. The summed E-state index contributed by atoms with van der Waals surface area (Å²) in [6.45, 7) is 18.6. The van der Waals surface area contributed by atoms with Gasteiger partial charge in [-0.15, -0.1) is 0 Å². The van der Waals surface area contributed by atoms with E-state index >= 15 is 0 Å². The predicted octanol–water partition coefficient (Wildman–Crippen LogP) is 6.15. The van der Waals surface area contributed by atoms with Crippen molar-refractivity contribution >= 4 is 5.97 Å². The van der Waals surface area contributed by atoms with Gasteiger partial charge in [-0.3, -0.25) is 4.79 Å². The lowest BCUT2D eigenvalue weighted by molar-refractivity contribution is -0.237. The van der Waals surface area contributed by atoms with Gasteiger partial charge in [-0.05, 0) is 85.4 Å². The van der Waals surface area contributed by atoms with Gasteiger partial charge in [-0.25, -0.2) is 0 Å². The van der Waals surface area contributed by atoms with Gasteiger partial charge < -0.3 is 9.84 Å². The number of esters is 1. The zero-order valence-corrected chi connectivity index (χ0v) is 20.2. The third-order valence-electron chi connectivity index (χ3n) is 11.4. The highest BCUT2D eigenvalue weighted by Gasteiger charge is 2.68. The number of aliphatic hydroxyl groups is 1. The fourth-order valence-corrected chi connectivity index (χ4v) is 9.62. The summed E-state index contributed by atoms with van der Waals surface area (Å²) in [5, 5.41) is 10.2. The van der Waals surface area contributed by atoms with E-state index in [0.29, 0.717) is 28.6 Å². The molecule has 0 amide bonds. The second kappa shape index (κ2) is 7.09. The number of ether oxygens (including phenoxy) is 1. The molecule has 170 valence electrons. The first-order chi connectivity index (χ1) is 13.9. The zero-order chi connectivity index (χ0) is 22.1. The van der Waals surface area contributed by atoms with Crippen LogP contribution in [0, 0.1) is 45.3 Å². The summed E-state index contributed by atoms with van der Waals surface area (Å²) in [4.78, 5) is 11.8. The Hall–Kier alpha value is -0.830. The Morgan fingerprint density at radius 3 is 2.33 bits per heavy atom. The summed E-state index contributed by atoms with van der Waals surface area (Å²) in [6.07, 6.45) is 9.45. The number of hydrogen-bond acceptors (Lipinski definition) is 3. The Morgan fingerprint density at radius 2 is 1.70 bits per heavy atom. The number of carbonyl (C=O) groups is 1. The molecule has 0 aromatic rings. The van der Waals surface area contributed by atoms with Crippen LogP contribution >= 0.6 is 0 Å². The zero-order valence-electron chi connectivity index (χ0n) is 20.2. The third-order valence-corrected chi connectivity index (χ3v) is 11.4. The van der Waals surface area contributed by atoms with Gasteiger partial charge in [0.15, 0.2) is 0 Å².